The third-order valence-corrected chi connectivity index (χ3v) is 9.18. The molecule has 4 aromatic rings. The highest BCUT2D eigenvalue weighted by atomic mass is 32.2. The summed E-state index contributed by atoms with van der Waals surface area (Å²) in [6.45, 7) is 0.686. The number of sulfone groups is 2. The van der Waals surface area contributed by atoms with Crippen molar-refractivity contribution < 1.29 is 36.2 Å². The van der Waals surface area contributed by atoms with E-state index in [4.69, 9.17) is 14.2 Å². The van der Waals surface area contributed by atoms with Gasteiger partial charge in [-0.25, -0.2) is 16.8 Å². The van der Waals surface area contributed by atoms with Crippen molar-refractivity contribution in [2.45, 2.75) is 26.0 Å². The van der Waals surface area contributed by atoms with Crippen molar-refractivity contribution in [3.05, 3.63) is 97.1 Å². The lowest BCUT2D eigenvalue weighted by atomic mass is 10.3. The molecule has 0 bridgehead atoms. The second-order valence-electron chi connectivity index (χ2n) is 8.17. The van der Waals surface area contributed by atoms with E-state index < -0.39 is 19.7 Å². The molecular formula is C28H26O8S2. The van der Waals surface area contributed by atoms with E-state index in [1.165, 1.54) is 67.8 Å². The lowest BCUT2D eigenvalue weighted by Gasteiger charge is -2.10. The maximum atomic E-state index is 12.8. The Labute approximate surface area is 221 Å². The van der Waals surface area contributed by atoms with Crippen molar-refractivity contribution in [2.24, 2.45) is 0 Å². The molecule has 0 atom stereocenters. The van der Waals surface area contributed by atoms with Crippen LogP contribution in [0.1, 0.15) is 6.42 Å². The highest BCUT2D eigenvalue weighted by Gasteiger charge is 2.18. The van der Waals surface area contributed by atoms with Gasteiger partial charge in [0.1, 0.15) is 23.0 Å². The Bertz CT molecular complexity index is 1560. The summed E-state index contributed by atoms with van der Waals surface area (Å²) in [4.78, 5) is 0.549. The van der Waals surface area contributed by atoms with Gasteiger partial charge in [0.25, 0.3) is 0 Å². The highest BCUT2D eigenvalue weighted by Crippen LogP contribution is 2.26. The van der Waals surface area contributed by atoms with Gasteiger partial charge >= 0.3 is 0 Å². The van der Waals surface area contributed by atoms with Gasteiger partial charge in [-0.15, -0.1) is 0 Å². The zero-order valence-corrected chi connectivity index (χ0v) is 22.1. The van der Waals surface area contributed by atoms with Gasteiger partial charge in [0.05, 0.1) is 39.9 Å². The fraction of sp³-hybridized carbons (Fsp3) is 0.143. The lowest BCUT2D eigenvalue weighted by molar-refractivity contribution is 0.247. The van der Waals surface area contributed by atoms with Crippen molar-refractivity contribution in [2.75, 3.05) is 20.3 Å². The summed E-state index contributed by atoms with van der Waals surface area (Å²) in [5.74, 6) is 1.61. The van der Waals surface area contributed by atoms with Gasteiger partial charge in [0.15, 0.2) is 0 Å². The third kappa shape index (κ3) is 6.27. The van der Waals surface area contributed by atoms with Crippen molar-refractivity contribution in [3.8, 4) is 23.0 Å². The molecule has 4 aromatic carbocycles. The molecule has 0 radical (unpaired) electrons. The van der Waals surface area contributed by atoms with E-state index in [0.717, 1.165) is 0 Å². The first-order chi connectivity index (χ1) is 18.2. The maximum absolute atomic E-state index is 12.8. The predicted octanol–water partition coefficient (Wildman–Crippen LogP) is 4.91. The fourth-order valence-electron chi connectivity index (χ4n) is 3.52. The summed E-state index contributed by atoms with van der Waals surface area (Å²) in [5.41, 5.74) is 0. The first-order valence-corrected chi connectivity index (χ1v) is 14.6. The summed E-state index contributed by atoms with van der Waals surface area (Å²) in [6, 6.07) is 23.8. The number of phenols is 1. The molecular weight excluding hydrogens is 528 g/mol. The van der Waals surface area contributed by atoms with Gasteiger partial charge in [0.2, 0.25) is 19.7 Å². The summed E-state index contributed by atoms with van der Waals surface area (Å²) < 4.78 is 67.4. The normalized spacial score (nSPS) is 11.6. The number of rotatable bonds is 11. The smallest absolute Gasteiger partial charge is 0.206 e. The zero-order chi connectivity index (χ0) is 27.2. The molecule has 10 heteroatoms. The second kappa shape index (κ2) is 11.6. The third-order valence-electron chi connectivity index (χ3n) is 5.61. The van der Waals surface area contributed by atoms with Crippen molar-refractivity contribution in [3.63, 3.8) is 0 Å². The first-order valence-electron chi connectivity index (χ1n) is 11.6. The van der Waals surface area contributed by atoms with Crippen LogP contribution in [-0.4, -0.2) is 42.3 Å². The fourth-order valence-corrected chi connectivity index (χ4v) is 6.04. The van der Waals surface area contributed by atoms with E-state index in [2.05, 4.69) is 0 Å². The summed E-state index contributed by atoms with van der Waals surface area (Å²) in [7, 11) is -5.83. The molecule has 1 N–H and O–H groups in total. The molecule has 198 valence electrons. The van der Waals surface area contributed by atoms with Gasteiger partial charge < -0.3 is 19.3 Å². The molecule has 0 saturated carbocycles. The highest BCUT2D eigenvalue weighted by molar-refractivity contribution is 7.91. The van der Waals surface area contributed by atoms with Crippen molar-refractivity contribution in [1.29, 1.82) is 0 Å². The molecule has 38 heavy (non-hydrogen) atoms. The number of methoxy groups -OCH3 is 1. The first kappa shape index (κ1) is 27.0. The minimum absolute atomic E-state index is 0.00800. The number of hydrogen-bond donors (Lipinski definition) is 1. The molecule has 0 fully saturated rings. The quantitative estimate of drug-likeness (QED) is 0.260. The second-order valence-corrected chi connectivity index (χ2v) is 12.1. The minimum Gasteiger partial charge on any atom is -0.508 e. The largest absolute Gasteiger partial charge is 0.508 e. The Morgan fingerprint density at radius 1 is 0.526 bits per heavy atom. The van der Waals surface area contributed by atoms with E-state index in [0.29, 0.717) is 36.9 Å². The molecule has 0 spiro atoms. The molecule has 4 rings (SSSR count). The van der Waals surface area contributed by atoms with Gasteiger partial charge in [-0.05, 0) is 97.1 Å². The van der Waals surface area contributed by atoms with Crippen LogP contribution < -0.4 is 14.2 Å². The minimum atomic E-state index is -3.69. The number of aromatic hydroxyl groups is 1. The van der Waals surface area contributed by atoms with E-state index >= 15 is 0 Å². The Balaban J connectivity index is 1.25. The molecule has 0 heterocycles. The number of phenolic OH excluding ortho intramolecular Hbond substituents is 1. The molecule has 0 saturated heterocycles. The van der Waals surface area contributed by atoms with Crippen LogP contribution in [0, 0.1) is 0 Å². The Hall–Kier alpha value is -4.02. The van der Waals surface area contributed by atoms with E-state index in [1.807, 2.05) is 0 Å². The van der Waals surface area contributed by atoms with E-state index in [-0.39, 0.29) is 25.3 Å². The number of benzene rings is 4. The van der Waals surface area contributed by atoms with Crippen LogP contribution in [0.4, 0.5) is 0 Å². The molecule has 0 aliphatic rings. The zero-order valence-electron chi connectivity index (χ0n) is 20.5. The van der Waals surface area contributed by atoms with Crippen molar-refractivity contribution in [1.82, 2.24) is 0 Å². The van der Waals surface area contributed by atoms with E-state index in [1.54, 1.807) is 36.4 Å². The van der Waals surface area contributed by atoms with Crippen LogP contribution in [0.2, 0.25) is 0 Å². The standard InChI is InChI=1S/C28H26O8S2/c1-34-22-5-13-26(14-6-22)38(32,33)28-17-9-24(10-18-28)36-20-2-19-35-23-7-15-27(16-8-23)37(30,31)25-11-3-21(29)4-12-25/h3-18,29H,2,19-20H2,1H3. The van der Waals surface area contributed by atoms with Gasteiger partial charge in [-0.1, -0.05) is 0 Å². The molecule has 8 nitrogen and oxygen atoms in total. The Morgan fingerprint density at radius 3 is 1.18 bits per heavy atom. The molecule has 0 aliphatic heterocycles. The maximum Gasteiger partial charge on any atom is 0.206 e. The summed E-state index contributed by atoms with van der Waals surface area (Å²) in [6.07, 6.45) is 0.555. The predicted molar refractivity (Wildman–Crippen MR) is 140 cm³/mol. The van der Waals surface area contributed by atoms with Crippen LogP contribution in [-0.2, 0) is 19.7 Å². The monoisotopic (exact) mass is 554 g/mol. The Morgan fingerprint density at radius 2 is 0.842 bits per heavy atom. The number of ether oxygens (including phenoxy) is 3. The molecule has 0 unspecified atom stereocenters. The van der Waals surface area contributed by atoms with Gasteiger partial charge in [0, 0.05) is 6.42 Å². The van der Waals surface area contributed by atoms with Crippen LogP contribution in [0.3, 0.4) is 0 Å². The van der Waals surface area contributed by atoms with Crippen LogP contribution in [0.15, 0.2) is 117 Å². The van der Waals surface area contributed by atoms with Crippen molar-refractivity contribution >= 4 is 19.7 Å². The van der Waals surface area contributed by atoms with Gasteiger partial charge in [-0.3, -0.25) is 0 Å². The Kier molecular flexibility index (Phi) is 8.23. The number of hydrogen-bond acceptors (Lipinski definition) is 8. The average Bonchev–Trinajstić information content (AvgIpc) is 2.93. The van der Waals surface area contributed by atoms with Crippen LogP contribution in [0.25, 0.3) is 0 Å². The van der Waals surface area contributed by atoms with Crippen LogP contribution in [0.5, 0.6) is 23.0 Å². The molecule has 0 aliphatic carbocycles. The lowest BCUT2D eigenvalue weighted by Crippen LogP contribution is -2.06. The topological polar surface area (TPSA) is 116 Å². The van der Waals surface area contributed by atoms with Gasteiger partial charge in [-0.2, -0.15) is 0 Å². The van der Waals surface area contributed by atoms with E-state index in [9.17, 15) is 21.9 Å². The SMILES string of the molecule is COc1ccc(S(=O)(=O)c2ccc(OCCCOc3ccc(S(=O)(=O)c4ccc(O)cc4)cc3)cc2)cc1. The molecule has 0 aromatic heterocycles. The van der Waals surface area contributed by atoms with Crippen LogP contribution >= 0.6 is 0 Å². The molecule has 0 amide bonds. The average molecular weight is 555 g/mol. The summed E-state index contributed by atoms with van der Waals surface area (Å²) in [5, 5.41) is 9.36. The summed E-state index contributed by atoms with van der Waals surface area (Å²) >= 11 is 0.